The van der Waals surface area contributed by atoms with Crippen LogP contribution in [0.3, 0.4) is 0 Å². The zero-order valence-corrected chi connectivity index (χ0v) is 13.8. The molecular formula is C18H29FN2. The van der Waals surface area contributed by atoms with Crippen molar-refractivity contribution in [2.24, 2.45) is 5.92 Å². The molecule has 1 aromatic rings. The number of likely N-dealkylation sites (N-methyl/N-ethyl adjacent to an activating group) is 1. The molecule has 1 saturated carbocycles. The summed E-state index contributed by atoms with van der Waals surface area (Å²) in [6, 6.07) is 8.28. The molecule has 0 radical (unpaired) electrons. The zero-order chi connectivity index (χ0) is 15.4. The Hall–Kier alpha value is -0.930. The lowest BCUT2D eigenvalue weighted by molar-refractivity contribution is 0.220. The maximum absolute atomic E-state index is 13.8. The summed E-state index contributed by atoms with van der Waals surface area (Å²) in [6.07, 6.45) is 3.31. The van der Waals surface area contributed by atoms with Crippen LogP contribution in [-0.4, -0.2) is 37.6 Å². The predicted molar refractivity (Wildman–Crippen MR) is 87.1 cm³/mol. The lowest BCUT2D eigenvalue weighted by Crippen LogP contribution is -2.49. The fraction of sp³-hybridized carbons (Fsp3) is 0.667. The third-order valence-corrected chi connectivity index (χ3v) is 4.30. The van der Waals surface area contributed by atoms with Gasteiger partial charge in [-0.1, -0.05) is 32.0 Å². The van der Waals surface area contributed by atoms with Crippen LogP contribution in [0.1, 0.15) is 44.6 Å². The van der Waals surface area contributed by atoms with Crippen molar-refractivity contribution in [2.75, 3.05) is 20.6 Å². The highest BCUT2D eigenvalue weighted by molar-refractivity contribution is 5.24. The Morgan fingerprint density at radius 1 is 1.24 bits per heavy atom. The van der Waals surface area contributed by atoms with Gasteiger partial charge < -0.3 is 10.2 Å². The molecule has 1 atom stereocenters. The third-order valence-electron chi connectivity index (χ3n) is 4.30. The maximum Gasteiger partial charge on any atom is 0.126 e. The molecule has 0 bridgehead atoms. The largest absolute Gasteiger partial charge is 0.310 e. The topological polar surface area (TPSA) is 15.3 Å². The normalized spacial score (nSPS) is 23.4. The first-order valence-electron chi connectivity index (χ1n) is 8.11. The van der Waals surface area contributed by atoms with Gasteiger partial charge in [-0.15, -0.1) is 0 Å². The van der Waals surface area contributed by atoms with E-state index in [0.29, 0.717) is 23.9 Å². The number of nitrogens with zero attached hydrogens (tertiary/aromatic N) is 1. The van der Waals surface area contributed by atoms with Crippen molar-refractivity contribution in [3.05, 3.63) is 35.6 Å². The van der Waals surface area contributed by atoms with Crippen LogP contribution in [0.2, 0.25) is 0 Å². The van der Waals surface area contributed by atoms with Crippen LogP contribution in [0.15, 0.2) is 24.3 Å². The zero-order valence-electron chi connectivity index (χ0n) is 13.8. The summed E-state index contributed by atoms with van der Waals surface area (Å²) < 4.78 is 13.8. The van der Waals surface area contributed by atoms with Crippen molar-refractivity contribution in [1.82, 2.24) is 10.2 Å². The highest BCUT2D eigenvalue weighted by atomic mass is 19.1. The molecule has 2 nitrogen and oxygen atoms in total. The minimum atomic E-state index is -0.0482. The summed E-state index contributed by atoms with van der Waals surface area (Å²) in [6.45, 7) is 5.61. The fourth-order valence-electron chi connectivity index (χ4n) is 3.35. The summed E-state index contributed by atoms with van der Waals surface area (Å²) >= 11 is 0. The van der Waals surface area contributed by atoms with Gasteiger partial charge in [0.05, 0.1) is 0 Å². The van der Waals surface area contributed by atoms with Gasteiger partial charge in [-0.2, -0.15) is 0 Å². The van der Waals surface area contributed by atoms with E-state index in [0.717, 1.165) is 24.9 Å². The summed E-state index contributed by atoms with van der Waals surface area (Å²) in [5, 5.41) is 3.77. The number of rotatable bonds is 7. The quantitative estimate of drug-likeness (QED) is 0.825. The standard InChI is InChI=1S/C18H29FN2/c1-13(2)9-16(12-21(3)4)20-15-10-14(11-15)17-7-5-6-8-18(17)19/h5-8,13-16,20H,9-12H2,1-4H3. The third kappa shape index (κ3) is 4.79. The molecule has 0 saturated heterocycles. The van der Waals surface area contributed by atoms with Gasteiger partial charge >= 0.3 is 0 Å². The predicted octanol–water partition coefficient (Wildman–Crippen LogP) is 3.64. The van der Waals surface area contributed by atoms with Crippen LogP contribution in [0.4, 0.5) is 4.39 Å². The molecule has 2 rings (SSSR count). The van der Waals surface area contributed by atoms with Crippen molar-refractivity contribution in [1.29, 1.82) is 0 Å². The van der Waals surface area contributed by atoms with Crippen LogP contribution in [0.5, 0.6) is 0 Å². The molecule has 1 N–H and O–H groups in total. The van der Waals surface area contributed by atoms with Gasteiger partial charge in [0.2, 0.25) is 0 Å². The van der Waals surface area contributed by atoms with Gasteiger partial charge in [-0.25, -0.2) is 4.39 Å². The van der Waals surface area contributed by atoms with Gasteiger partial charge in [-0.05, 0) is 56.8 Å². The van der Waals surface area contributed by atoms with Crippen LogP contribution in [0, 0.1) is 11.7 Å². The van der Waals surface area contributed by atoms with E-state index in [9.17, 15) is 4.39 Å². The molecule has 118 valence electrons. The minimum Gasteiger partial charge on any atom is -0.310 e. The lowest BCUT2D eigenvalue weighted by atomic mass is 9.75. The smallest absolute Gasteiger partial charge is 0.126 e. The average molecular weight is 292 g/mol. The first kappa shape index (κ1) is 16.4. The minimum absolute atomic E-state index is 0.0482. The first-order valence-corrected chi connectivity index (χ1v) is 8.11. The van der Waals surface area contributed by atoms with E-state index in [1.165, 1.54) is 6.42 Å². The number of hydrogen-bond donors (Lipinski definition) is 1. The molecule has 1 fully saturated rings. The molecule has 1 aliphatic rings. The van der Waals surface area contributed by atoms with Crippen molar-refractivity contribution >= 4 is 0 Å². The van der Waals surface area contributed by atoms with E-state index < -0.39 is 0 Å². The van der Waals surface area contributed by atoms with Gasteiger partial charge in [0, 0.05) is 18.6 Å². The van der Waals surface area contributed by atoms with E-state index in [1.54, 1.807) is 12.1 Å². The van der Waals surface area contributed by atoms with Crippen molar-refractivity contribution in [3.63, 3.8) is 0 Å². The number of benzene rings is 1. The monoisotopic (exact) mass is 292 g/mol. The molecular weight excluding hydrogens is 263 g/mol. The van der Waals surface area contributed by atoms with E-state index in [-0.39, 0.29) is 5.82 Å². The number of hydrogen-bond acceptors (Lipinski definition) is 2. The van der Waals surface area contributed by atoms with Crippen molar-refractivity contribution in [3.8, 4) is 0 Å². The summed E-state index contributed by atoms with van der Waals surface area (Å²) in [7, 11) is 4.25. The Morgan fingerprint density at radius 2 is 1.90 bits per heavy atom. The Labute approximate surface area is 128 Å². The highest BCUT2D eigenvalue weighted by Gasteiger charge is 2.33. The lowest BCUT2D eigenvalue weighted by Gasteiger charge is -2.39. The van der Waals surface area contributed by atoms with Crippen molar-refractivity contribution < 1.29 is 4.39 Å². The Bertz CT molecular complexity index is 429. The van der Waals surface area contributed by atoms with Gasteiger partial charge in [0.15, 0.2) is 0 Å². The van der Waals surface area contributed by atoms with E-state index in [4.69, 9.17) is 0 Å². The Kier molecular flexibility index (Phi) is 5.77. The van der Waals surface area contributed by atoms with Crippen LogP contribution >= 0.6 is 0 Å². The van der Waals surface area contributed by atoms with E-state index >= 15 is 0 Å². The average Bonchev–Trinajstić information content (AvgIpc) is 2.33. The molecule has 3 heteroatoms. The Morgan fingerprint density at radius 3 is 2.48 bits per heavy atom. The van der Waals surface area contributed by atoms with Gasteiger partial charge in [0.1, 0.15) is 5.82 Å². The van der Waals surface area contributed by atoms with Gasteiger partial charge in [-0.3, -0.25) is 0 Å². The van der Waals surface area contributed by atoms with E-state index in [1.807, 2.05) is 12.1 Å². The molecule has 1 aliphatic carbocycles. The second-order valence-corrected chi connectivity index (χ2v) is 7.14. The number of nitrogens with one attached hydrogen (secondary N) is 1. The molecule has 0 spiro atoms. The SMILES string of the molecule is CC(C)CC(CN(C)C)NC1CC(c2ccccc2F)C1. The number of halogens is 1. The van der Waals surface area contributed by atoms with Crippen LogP contribution < -0.4 is 5.32 Å². The second kappa shape index (κ2) is 7.37. The molecule has 1 unspecified atom stereocenters. The van der Waals surface area contributed by atoms with E-state index in [2.05, 4.69) is 38.2 Å². The molecule has 0 amide bonds. The molecule has 21 heavy (non-hydrogen) atoms. The van der Waals surface area contributed by atoms with Crippen molar-refractivity contribution in [2.45, 2.75) is 51.1 Å². The maximum atomic E-state index is 13.8. The second-order valence-electron chi connectivity index (χ2n) is 7.14. The highest BCUT2D eigenvalue weighted by Crippen LogP contribution is 2.38. The van der Waals surface area contributed by atoms with Gasteiger partial charge in [0.25, 0.3) is 0 Å². The summed E-state index contributed by atoms with van der Waals surface area (Å²) in [5.41, 5.74) is 0.892. The fourth-order valence-corrected chi connectivity index (χ4v) is 3.35. The summed E-state index contributed by atoms with van der Waals surface area (Å²) in [4.78, 5) is 2.24. The Balaban J connectivity index is 1.84. The molecule has 0 aromatic heterocycles. The molecule has 0 aliphatic heterocycles. The molecule has 0 heterocycles. The summed E-state index contributed by atoms with van der Waals surface area (Å²) in [5.74, 6) is 1.04. The first-order chi connectivity index (χ1) is 9.95. The van der Waals surface area contributed by atoms with Crippen LogP contribution in [0.25, 0.3) is 0 Å². The molecule has 1 aromatic carbocycles. The van der Waals surface area contributed by atoms with Crippen LogP contribution in [-0.2, 0) is 0 Å².